The Morgan fingerprint density at radius 3 is 2.31 bits per heavy atom. The van der Waals surface area contributed by atoms with Gasteiger partial charge in [0.15, 0.2) is 5.72 Å². The van der Waals surface area contributed by atoms with Gasteiger partial charge >= 0.3 is 0 Å². The molecule has 1 aromatic heterocycles. The minimum atomic E-state index is -3.27. The van der Waals surface area contributed by atoms with Crippen LogP contribution >= 0.6 is 0 Å². The molecule has 7 heteroatoms. The lowest BCUT2D eigenvalue weighted by molar-refractivity contribution is -0.199. The molecule has 0 aliphatic rings. The number of pyridine rings is 1. The summed E-state index contributed by atoms with van der Waals surface area (Å²) in [5, 5.41) is 0. The highest BCUT2D eigenvalue weighted by molar-refractivity contribution is 5.18. The Kier molecular flexibility index (Phi) is 4.22. The maximum Gasteiger partial charge on any atom is 0.293 e. The molecule has 0 radical (unpaired) electrons. The van der Waals surface area contributed by atoms with Crippen LogP contribution in [-0.2, 0) is 10.5 Å². The second-order valence-corrected chi connectivity index (χ2v) is 3.13. The van der Waals surface area contributed by atoms with Crippen LogP contribution in [0.3, 0.4) is 0 Å². The van der Waals surface area contributed by atoms with Gasteiger partial charge in [-0.2, -0.15) is 0 Å². The van der Waals surface area contributed by atoms with Crippen molar-refractivity contribution >= 4 is 0 Å². The van der Waals surface area contributed by atoms with Crippen LogP contribution in [-0.4, -0.2) is 24.3 Å². The molecule has 0 fully saturated rings. The first-order valence-electron chi connectivity index (χ1n) is 4.49. The fourth-order valence-electron chi connectivity index (χ4n) is 1.12. The Labute approximate surface area is 90.4 Å². The molecule has 0 aliphatic heterocycles. The molecule has 2 atom stereocenters. The van der Waals surface area contributed by atoms with Gasteiger partial charge in [0.25, 0.3) is 12.8 Å². The fourth-order valence-corrected chi connectivity index (χ4v) is 1.12. The zero-order valence-corrected chi connectivity index (χ0v) is 8.32. The van der Waals surface area contributed by atoms with E-state index in [1.807, 2.05) is 0 Å². The molecule has 0 saturated carbocycles. The highest BCUT2D eigenvalue weighted by Gasteiger charge is 2.34. The molecular formula is C9H12F3N3O. The van der Waals surface area contributed by atoms with Gasteiger partial charge in [-0.25, -0.2) is 13.2 Å². The maximum atomic E-state index is 12.8. The summed E-state index contributed by atoms with van der Waals surface area (Å²) in [6.45, 7) is -0.329. The first-order chi connectivity index (χ1) is 7.49. The third-order valence-electron chi connectivity index (χ3n) is 1.99. The van der Waals surface area contributed by atoms with Crippen LogP contribution in [0.5, 0.6) is 0 Å². The van der Waals surface area contributed by atoms with E-state index in [2.05, 4.69) is 9.72 Å². The van der Waals surface area contributed by atoms with E-state index in [0.717, 1.165) is 0 Å². The number of rotatable bonds is 5. The summed E-state index contributed by atoms with van der Waals surface area (Å²) < 4.78 is 41.2. The van der Waals surface area contributed by atoms with Crippen molar-refractivity contribution in [3.63, 3.8) is 0 Å². The van der Waals surface area contributed by atoms with Crippen LogP contribution in [0.1, 0.15) is 5.56 Å². The van der Waals surface area contributed by atoms with Crippen molar-refractivity contribution in [2.45, 2.75) is 18.5 Å². The van der Waals surface area contributed by atoms with E-state index in [4.69, 9.17) is 11.5 Å². The lowest BCUT2D eigenvalue weighted by Gasteiger charge is -2.29. The summed E-state index contributed by atoms with van der Waals surface area (Å²) in [4.78, 5) is 3.71. The summed E-state index contributed by atoms with van der Waals surface area (Å²) in [7, 11) is 0. The molecule has 4 nitrogen and oxygen atoms in total. The molecule has 0 aromatic carbocycles. The number of nitrogens with zero attached hydrogens (tertiary/aromatic N) is 1. The lowest BCUT2D eigenvalue weighted by Crippen LogP contribution is -2.49. The van der Waals surface area contributed by atoms with Crippen molar-refractivity contribution in [2.75, 3.05) is 6.54 Å². The predicted octanol–water partition coefficient (Wildman–Crippen LogP) is 0.729. The minimum Gasteiger partial charge on any atom is -0.326 e. The van der Waals surface area contributed by atoms with Gasteiger partial charge in [0.1, 0.15) is 0 Å². The van der Waals surface area contributed by atoms with Crippen molar-refractivity contribution in [2.24, 2.45) is 11.5 Å². The van der Waals surface area contributed by atoms with Crippen molar-refractivity contribution in [3.05, 3.63) is 30.1 Å². The van der Waals surface area contributed by atoms with Gasteiger partial charge in [-0.15, -0.1) is 0 Å². The quantitative estimate of drug-likeness (QED) is 0.738. The zero-order chi connectivity index (χ0) is 12.2. The average molecular weight is 235 g/mol. The molecule has 90 valence electrons. The largest absolute Gasteiger partial charge is 0.326 e. The molecule has 16 heavy (non-hydrogen) atoms. The molecule has 0 amide bonds. The van der Waals surface area contributed by atoms with E-state index in [0.29, 0.717) is 0 Å². The Morgan fingerprint density at radius 2 is 1.88 bits per heavy atom. The average Bonchev–Trinajstić information content (AvgIpc) is 2.29. The van der Waals surface area contributed by atoms with Crippen LogP contribution in [0.4, 0.5) is 13.2 Å². The van der Waals surface area contributed by atoms with Gasteiger partial charge in [0, 0.05) is 24.5 Å². The van der Waals surface area contributed by atoms with Crippen LogP contribution < -0.4 is 11.5 Å². The van der Waals surface area contributed by atoms with Crippen LogP contribution in [0.2, 0.25) is 0 Å². The smallest absolute Gasteiger partial charge is 0.293 e. The highest BCUT2D eigenvalue weighted by atomic mass is 19.3. The van der Waals surface area contributed by atoms with Gasteiger partial charge in [-0.3, -0.25) is 10.7 Å². The fraction of sp³-hybridized carbons (Fsp3) is 0.444. The third kappa shape index (κ3) is 2.91. The standard InChI is InChI=1S/C9H12F3N3O/c10-7(11)8(12)16-9(14,5-13)6-1-3-15-4-2-6/h1-4,7-8H,5,13-14H2. The summed E-state index contributed by atoms with van der Waals surface area (Å²) in [6.07, 6.45) is -3.28. The van der Waals surface area contributed by atoms with Crippen LogP contribution in [0, 0.1) is 0 Å². The van der Waals surface area contributed by atoms with E-state index in [9.17, 15) is 13.2 Å². The molecule has 2 unspecified atom stereocenters. The zero-order valence-electron chi connectivity index (χ0n) is 8.32. The minimum absolute atomic E-state index is 0.285. The van der Waals surface area contributed by atoms with Crippen molar-refractivity contribution < 1.29 is 17.9 Å². The lowest BCUT2D eigenvalue weighted by atomic mass is 10.1. The van der Waals surface area contributed by atoms with Gasteiger partial charge in [-0.05, 0) is 12.1 Å². The molecule has 1 rings (SSSR count). The summed E-state index contributed by atoms with van der Waals surface area (Å²) in [6, 6.07) is 2.84. The number of nitrogens with two attached hydrogens (primary N) is 2. The van der Waals surface area contributed by atoms with E-state index in [1.165, 1.54) is 24.5 Å². The second-order valence-electron chi connectivity index (χ2n) is 3.13. The topological polar surface area (TPSA) is 74.2 Å². The maximum absolute atomic E-state index is 12.8. The molecule has 0 aliphatic carbocycles. The molecule has 0 saturated heterocycles. The van der Waals surface area contributed by atoms with Crippen molar-refractivity contribution in [1.82, 2.24) is 4.98 Å². The molecule has 0 spiro atoms. The predicted molar refractivity (Wildman–Crippen MR) is 51.1 cm³/mol. The SMILES string of the molecule is NCC(N)(OC(F)C(F)F)c1ccncc1. The monoisotopic (exact) mass is 235 g/mol. The Hall–Kier alpha value is -1.18. The van der Waals surface area contributed by atoms with E-state index in [-0.39, 0.29) is 12.1 Å². The summed E-state index contributed by atoms with van der Waals surface area (Å²) >= 11 is 0. The van der Waals surface area contributed by atoms with E-state index >= 15 is 0 Å². The molecular weight excluding hydrogens is 223 g/mol. The Balaban J connectivity index is 2.86. The first kappa shape index (κ1) is 12.9. The van der Waals surface area contributed by atoms with E-state index < -0.39 is 18.5 Å². The number of aromatic nitrogens is 1. The Bertz CT molecular complexity index is 325. The van der Waals surface area contributed by atoms with Gasteiger partial charge in [0.05, 0.1) is 0 Å². The molecule has 4 N–H and O–H groups in total. The number of alkyl halides is 3. The first-order valence-corrected chi connectivity index (χ1v) is 4.49. The highest BCUT2D eigenvalue weighted by Crippen LogP contribution is 2.22. The van der Waals surface area contributed by atoms with E-state index in [1.54, 1.807) is 0 Å². The Morgan fingerprint density at radius 1 is 1.31 bits per heavy atom. The summed E-state index contributed by atoms with van der Waals surface area (Å²) in [5.41, 5.74) is 9.42. The van der Waals surface area contributed by atoms with Gasteiger partial charge < -0.3 is 10.5 Å². The molecule has 1 aromatic rings. The molecule has 1 heterocycles. The normalized spacial score (nSPS) is 17.1. The number of halogens is 3. The van der Waals surface area contributed by atoms with Crippen LogP contribution in [0.25, 0.3) is 0 Å². The van der Waals surface area contributed by atoms with Crippen molar-refractivity contribution in [1.29, 1.82) is 0 Å². The molecule has 0 bridgehead atoms. The second kappa shape index (κ2) is 5.24. The number of hydrogen-bond acceptors (Lipinski definition) is 4. The summed E-state index contributed by atoms with van der Waals surface area (Å²) in [5.74, 6) is 0. The number of ether oxygens (including phenoxy) is 1. The van der Waals surface area contributed by atoms with Crippen molar-refractivity contribution in [3.8, 4) is 0 Å². The third-order valence-corrected chi connectivity index (χ3v) is 1.99. The van der Waals surface area contributed by atoms with Gasteiger partial charge in [-0.1, -0.05) is 0 Å². The van der Waals surface area contributed by atoms with Gasteiger partial charge in [0.2, 0.25) is 0 Å². The number of hydrogen-bond donors (Lipinski definition) is 2. The van der Waals surface area contributed by atoms with Crippen LogP contribution in [0.15, 0.2) is 24.5 Å².